The van der Waals surface area contributed by atoms with E-state index in [9.17, 15) is 0 Å². The second-order valence-corrected chi connectivity index (χ2v) is 6.20. The first-order chi connectivity index (χ1) is 7.71. The maximum absolute atomic E-state index is 3.82. The molecule has 16 heavy (non-hydrogen) atoms. The van der Waals surface area contributed by atoms with E-state index >= 15 is 0 Å². The van der Waals surface area contributed by atoms with Gasteiger partial charge in [0.1, 0.15) is 0 Å². The van der Waals surface area contributed by atoms with Gasteiger partial charge in [-0.05, 0) is 58.0 Å². The summed E-state index contributed by atoms with van der Waals surface area (Å²) in [4.78, 5) is 2.43. The van der Waals surface area contributed by atoms with E-state index < -0.39 is 0 Å². The number of likely N-dealkylation sites (N-methyl/N-ethyl adjacent to an activating group) is 1. The van der Waals surface area contributed by atoms with Crippen LogP contribution < -0.4 is 5.32 Å². The maximum Gasteiger partial charge on any atom is 0.0328 e. The Morgan fingerprint density at radius 2 is 2.19 bits per heavy atom. The Kier molecular flexibility index (Phi) is 2.60. The first kappa shape index (κ1) is 10.8. The van der Waals surface area contributed by atoms with E-state index in [0.717, 1.165) is 17.9 Å². The summed E-state index contributed by atoms with van der Waals surface area (Å²) in [6.07, 6.45) is 11.7. The normalized spacial score (nSPS) is 39.3. The van der Waals surface area contributed by atoms with Crippen molar-refractivity contribution in [1.82, 2.24) is 10.2 Å². The summed E-state index contributed by atoms with van der Waals surface area (Å²) in [5.74, 6) is 1.84. The third kappa shape index (κ3) is 1.54. The lowest BCUT2D eigenvalue weighted by Gasteiger charge is -2.50. The highest BCUT2D eigenvalue weighted by molar-refractivity contribution is 5.13. The van der Waals surface area contributed by atoms with E-state index in [1.54, 1.807) is 0 Å². The minimum atomic E-state index is 0.480. The van der Waals surface area contributed by atoms with E-state index in [2.05, 4.69) is 36.5 Å². The van der Waals surface area contributed by atoms with Crippen molar-refractivity contribution >= 4 is 0 Å². The highest BCUT2D eigenvalue weighted by Crippen LogP contribution is 2.43. The number of fused-ring (bicyclic) bond motifs is 1. The molecule has 3 aliphatic rings. The summed E-state index contributed by atoms with van der Waals surface area (Å²) in [6, 6.07) is 0.779. The molecule has 0 aromatic rings. The highest BCUT2D eigenvalue weighted by Gasteiger charge is 2.44. The molecule has 0 amide bonds. The molecule has 2 nitrogen and oxygen atoms in total. The first-order valence-electron chi connectivity index (χ1n) is 6.79. The van der Waals surface area contributed by atoms with Crippen LogP contribution in [0.4, 0.5) is 0 Å². The van der Waals surface area contributed by atoms with Crippen LogP contribution in [0, 0.1) is 11.8 Å². The average Bonchev–Trinajstić information content (AvgIpc) is 2.51. The third-order valence-corrected chi connectivity index (χ3v) is 5.29. The van der Waals surface area contributed by atoms with Crippen molar-refractivity contribution in [2.24, 2.45) is 11.8 Å². The molecule has 2 fully saturated rings. The van der Waals surface area contributed by atoms with Crippen molar-refractivity contribution in [2.45, 2.75) is 43.7 Å². The summed E-state index contributed by atoms with van der Waals surface area (Å²) < 4.78 is 0. The lowest BCUT2D eigenvalue weighted by Crippen LogP contribution is -2.60. The van der Waals surface area contributed by atoms with Crippen LogP contribution in [-0.2, 0) is 0 Å². The van der Waals surface area contributed by atoms with Crippen LogP contribution in [-0.4, -0.2) is 37.1 Å². The number of hydrogen-bond donors (Lipinski definition) is 1. The number of allylic oxidation sites excluding steroid dienone is 1. The maximum atomic E-state index is 3.82. The second-order valence-electron chi connectivity index (χ2n) is 6.20. The number of hydrogen-bond acceptors (Lipinski definition) is 2. The van der Waals surface area contributed by atoms with Crippen LogP contribution in [0.5, 0.6) is 0 Å². The number of rotatable bonds is 4. The predicted octanol–water partition coefficient (Wildman–Crippen LogP) is 2.02. The molecule has 1 N–H and O–H groups in total. The van der Waals surface area contributed by atoms with Crippen molar-refractivity contribution in [2.75, 3.05) is 20.6 Å². The van der Waals surface area contributed by atoms with Gasteiger partial charge in [-0.15, -0.1) is 0 Å². The summed E-state index contributed by atoms with van der Waals surface area (Å²) in [7, 11) is 4.47. The fraction of sp³-hybridized carbons (Fsp3) is 0.857. The molecule has 3 aliphatic carbocycles. The van der Waals surface area contributed by atoms with Gasteiger partial charge in [-0.25, -0.2) is 0 Å². The van der Waals surface area contributed by atoms with Crippen molar-refractivity contribution in [3.63, 3.8) is 0 Å². The molecule has 0 saturated heterocycles. The Hall–Kier alpha value is -0.340. The molecule has 0 aromatic carbocycles. The van der Waals surface area contributed by atoms with Crippen LogP contribution in [0.15, 0.2) is 12.2 Å². The van der Waals surface area contributed by atoms with E-state index in [4.69, 9.17) is 0 Å². The van der Waals surface area contributed by atoms with Gasteiger partial charge in [-0.1, -0.05) is 12.2 Å². The Labute approximate surface area is 99.1 Å². The third-order valence-electron chi connectivity index (χ3n) is 5.29. The Morgan fingerprint density at radius 1 is 1.38 bits per heavy atom. The standard InChI is InChI=1S/C14H24N2/c1-16(2)14(7-4-8-14)10-15-13-9-11-5-3-6-12(11)13/h3,6,11-13,15H,4-5,7-10H2,1-2H3. The summed E-state index contributed by atoms with van der Waals surface area (Å²) in [5.41, 5.74) is 0.480. The highest BCUT2D eigenvalue weighted by atomic mass is 15.2. The lowest BCUT2D eigenvalue weighted by atomic mass is 9.70. The predicted molar refractivity (Wildman–Crippen MR) is 67.4 cm³/mol. The van der Waals surface area contributed by atoms with Gasteiger partial charge in [0.05, 0.1) is 0 Å². The zero-order valence-electron chi connectivity index (χ0n) is 10.6. The van der Waals surface area contributed by atoms with Crippen LogP contribution in [0.1, 0.15) is 32.1 Å². The fourth-order valence-corrected chi connectivity index (χ4v) is 3.64. The Bertz CT molecular complexity index is 291. The van der Waals surface area contributed by atoms with Gasteiger partial charge < -0.3 is 10.2 Å². The van der Waals surface area contributed by atoms with E-state index in [-0.39, 0.29) is 0 Å². The van der Waals surface area contributed by atoms with Crippen LogP contribution >= 0.6 is 0 Å². The van der Waals surface area contributed by atoms with Crippen molar-refractivity contribution < 1.29 is 0 Å². The molecule has 2 heteroatoms. The molecular weight excluding hydrogens is 196 g/mol. The first-order valence-corrected chi connectivity index (χ1v) is 6.79. The van der Waals surface area contributed by atoms with Gasteiger partial charge in [0.25, 0.3) is 0 Å². The molecule has 0 spiro atoms. The monoisotopic (exact) mass is 220 g/mol. The summed E-state index contributed by atoms with van der Waals surface area (Å²) in [5, 5.41) is 3.82. The molecule has 3 rings (SSSR count). The van der Waals surface area contributed by atoms with Gasteiger partial charge >= 0.3 is 0 Å². The van der Waals surface area contributed by atoms with Crippen molar-refractivity contribution in [3.8, 4) is 0 Å². The van der Waals surface area contributed by atoms with Gasteiger partial charge in [-0.2, -0.15) is 0 Å². The molecule has 2 saturated carbocycles. The quantitative estimate of drug-likeness (QED) is 0.729. The van der Waals surface area contributed by atoms with Crippen molar-refractivity contribution in [3.05, 3.63) is 12.2 Å². The molecule has 0 heterocycles. The largest absolute Gasteiger partial charge is 0.312 e. The smallest absolute Gasteiger partial charge is 0.0328 e. The molecule has 0 bridgehead atoms. The molecule has 0 aliphatic heterocycles. The van der Waals surface area contributed by atoms with E-state index in [1.807, 2.05) is 0 Å². The minimum Gasteiger partial charge on any atom is -0.312 e. The summed E-state index contributed by atoms with van der Waals surface area (Å²) in [6.45, 7) is 1.20. The average molecular weight is 220 g/mol. The number of nitrogens with one attached hydrogen (secondary N) is 1. The Morgan fingerprint density at radius 3 is 2.75 bits per heavy atom. The lowest BCUT2D eigenvalue weighted by molar-refractivity contribution is 0.0440. The molecule has 0 radical (unpaired) electrons. The Balaban J connectivity index is 1.51. The minimum absolute atomic E-state index is 0.480. The van der Waals surface area contributed by atoms with Crippen LogP contribution in [0.2, 0.25) is 0 Å². The number of nitrogens with zero attached hydrogens (tertiary/aromatic N) is 1. The van der Waals surface area contributed by atoms with Crippen LogP contribution in [0.25, 0.3) is 0 Å². The van der Waals surface area contributed by atoms with Gasteiger partial charge in [0.2, 0.25) is 0 Å². The fourth-order valence-electron chi connectivity index (χ4n) is 3.64. The van der Waals surface area contributed by atoms with Crippen molar-refractivity contribution in [1.29, 1.82) is 0 Å². The zero-order chi connectivity index (χ0) is 11.2. The molecule has 0 aromatic heterocycles. The van der Waals surface area contributed by atoms with Gasteiger partial charge in [0, 0.05) is 18.1 Å². The topological polar surface area (TPSA) is 15.3 Å². The van der Waals surface area contributed by atoms with Gasteiger partial charge in [0.15, 0.2) is 0 Å². The summed E-state index contributed by atoms with van der Waals surface area (Å²) >= 11 is 0. The SMILES string of the molecule is CN(C)C1(CNC2CC3CC=CC32)CCC1. The zero-order valence-corrected chi connectivity index (χ0v) is 10.6. The second kappa shape index (κ2) is 3.85. The molecule has 90 valence electrons. The van der Waals surface area contributed by atoms with Gasteiger partial charge in [-0.3, -0.25) is 0 Å². The molecule has 3 unspecified atom stereocenters. The van der Waals surface area contributed by atoms with E-state index in [1.165, 1.54) is 38.6 Å². The molecule has 3 atom stereocenters. The molecular formula is C14H24N2. The van der Waals surface area contributed by atoms with E-state index in [0.29, 0.717) is 5.54 Å². The van der Waals surface area contributed by atoms with Crippen LogP contribution in [0.3, 0.4) is 0 Å².